The second-order valence-electron chi connectivity index (χ2n) is 8.32. The van der Waals surface area contributed by atoms with Crippen LogP contribution in [-0.4, -0.2) is 55.0 Å². The zero-order valence-corrected chi connectivity index (χ0v) is 19.6. The van der Waals surface area contributed by atoms with Gasteiger partial charge < -0.3 is 21.3 Å². The van der Waals surface area contributed by atoms with E-state index in [1.807, 2.05) is 4.90 Å². The van der Waals surface area contributed by atoms with Crippen LogP contribution in [0.25, 0.3) is 0 Å². The molecule has 1 aliphatic rings. The van der Waals surface area contributed by atoms with Crippen molar-refractivity contribution in [2.75, 3.05) is 26.2 Å². The lowest BCUT2D eigenvalue weighted by Gasteiger charge is -2.30. The summed E-state index contributed by atoms with van der Waals surface area (Å²) >= 11 is 11.9. The third-order valence-electron chi connectivity index (χ3n) is 5.86. The van der Waals surface area contributed by atoms with Gasteiger partial charge in [0.05, 0.1) is 16.1 Å². The molecular weight excluding hydrogens is 423 g/mol. The lowest BCUT2D eigenvalue weighted by molar-refractivity contribution is -0.133. The average Bonchev–Trinajstić information content (AvgIpc) is 2.85. The lowest BCUT2D eigenvalue weighted by Crippen LogP contribution is -2.50. The van der Waals surface area contributed by atoms with Crippen LogP contribution in [0.3, 0.4) is 0 Å². The third kappa shape index (κ3) is 6.84. The molecule has 1 unspecified atom stereocenters. The molecule has 1 saturated heterocycles. The number of hydrogen-bond donors (Lipinski definition) is 3. The van der Waals surface area contributed by atoms with Gasteiger partial charge in [0.2, 0.25) is 5.91 Å². The molecule has 1 aliphatic heterocycles. The summed E-state index contributed by atoms with van der Waals surface area (Å²) in [6, 6.07) is 4.47. The number of hydrogen-bond acceptors (Lipinski definition) is 4. The molecule has 1 aromatic rings. The molecule has 0 spiro atoms. The topological polar surface area (TPSA) is 87.5 Å². The van der Waals surface area contributed by atoms with Crippen LogP contribution < -0.4 is 16.4 Å². The molecule has 0 aliphatic carbocycles. The average molecular weight is 457 g/mol. The fourth-order valence-corrected chi connectivity index (χ4v) is 4.14. The number of halogens is 2. The van der Waals surface area contributed by atoms with Crippen LogP contribution in [0, 0.1) is 11.8 Å². The maximum atomic E-state index is 13.1. The highest BCUT2D eigenvalue weighted by atomic mass is 35.5. The Morgan fingerprint density at radius 3 is 2.67 bits per heavy atom. The predicted molar refractivity (Wildman–Crippen MR) is 123 cm³/mol. The van der Waals surface area contributed by atoms with E-state index in [2.05, 4.69) is 31.4 Å². The Labute approximate surface area is 189 Å². The molecule has 30 heavy (non-hydrogen) atoms. The van der Waals surface area contributed by atoms with Gasteiger partial charge in [-0.25, -0.2) is 0 Å². The predicted octanol–water partition coefficient (Wildman–Crippen LogP) is 3.31. The molecular formula is C22H34Cl2N4O2. The molecule has 1 fully saturated rings. The van der Waals surface area contributed by atoms with Gasteiger partial charge in [-0.15, -0.1) is 0 Å². The number of benzene rings is 1. The Hall–Kier alpha value is -1.34. The van der Waals surface area contributed by atoms with E-state index in [0.717, 1.165) is 19.4 Å². The number of nitrogens with one attached hydrogen (secondary N) is 2. The standard InChI is InChI=1S/C22H34Cl2N4O2/c1-4-15(14(2)3)13-28-10-8-17(27-20(7-9-25)22(28)30)12-26-21(29)16-5-6-18(23)19(24)11-16/h5-6,11,14-15,17,20,27H,4,7-10,12-13,25H2,1-3H3,(H,26,29)/t15?,17-,20-/m0/s1. The Bertz CT molecular complexity index is 729. The van der Waals surface area contributed by atoms with Gasteiger partial charge in [0, 0.05) is 31.2 Å². The number of rotatable bonds is 9. The maximum Gasteiger partial charge on any atom is 0.251 e. The Morgan fingerprint density at radius 1 is 1.33 bits per heavy atom. The zero-order chi connectivity index (χ0) is 22.3. The second-order valence-corrected chi connectivity index (χ2v) is 9.13. The molecule has 0 bridgehead atoms. The zero-order valence-electron chi connectivity index (χ0n) is 18.1. The largest absolute Gasteiger partial charge is 0.350 e. The summed E-state index contributed by atoms with van der Waals surface area (Å²) in [5.41, 5.74) is 6.22. The van der Waals surface area contributed by atoms with Crippen LogP contribution in [0.1, 0.15) is 50.4 Å². The lowest BCUT2D eigenvalue weighted by atomic mass is 9.92. The fourth-order valence-electron chi connectivity index (χ4n) is 3.85. The highest BCUT2D eigenvalue weighted by Crippen LogP contribution is 2.23. The first-order valence-electron chi connectivity index (χ1n) is 10.7. The van der Waals surface area contributed by atoms with Gasteiger partial charge in [0.25, 0.3) is 5.91 Å². The van der Waals surface area contributed by atoms with Crippen molar-refractivity contribution in [3.8, 4) is 0 Å². The first-order chi connectivity index (χ1) is 14.3. The smallest absolute Gasteiger partial charge is 0.251 e. The second kappa shape index (κ2) is 11.9. The molecule has 0 saturated carbocycles. The Balaban J connectivity index is 2.02. The highest BCUT2D eigenvalue weighted by molar-refractivity contribution is 6.42. The molecule has 2 rings (SSSR count). The van der Waals surface area contributed by atoms with E-state index in [1.54, 1.807) is 18.2 Å². The summed E-state index contributed by atoms with van der Waals surface area (Å²) in [6.07, 6.45) is 2.38. The first kappa shape index (κ1) is 24.9. The quantitative estimate of drug-likeness (QED) is 0.531. The van der Waals surface area contributed by atoms with Gasteiger partial charge in [0.15, 0.2) is 0 Å². The summed E-state index contributed by atoms with van der Waals surface area (Å²) in [4.78, 5) is 27.5. The normalized spacial score (nSPS) is 20.9. The van der Waals surface area contributed by atoms with Crippen molar-refractivity contribution in [2.24, 2.45) is 17.6 Å². The maximum absolute atomic E-state index is 13.1. The van der Waals surface area contributed by atoms with Crippen LogP contribution in [0.4, 0.5) is 0 Å². The first-order valence-corrected chi connectivity index (χ1v) is 11.5. The van der Waals surface area contributed by atoms with Crippen molar-refractivity contribution in [1.29, 1.82) is 0 Å². The molecule has 0 aromatic heterocycles. The molecule has 4 N–H and O–H groups in total. The minimum atomic E-state index is -0.325. The van der Waals surface area contributed by atoms with Crippen LogP contribution in [0.2, 0.25) is 10.0 Å². The summed E-state index contributed by atoms with van der Waals surface area (Å²) < 4.78 is 0. The van der Waals surface area contributed by atoms with Crippen molar-refractivity contribution in [2.45, 2.75) is 52.1 Å². The molecule has 168 valence electrons. The van der Waals surface area contributed by atoms with Crippen LogP contribution in [0.15, 0.2) is 18.2 Å². The fraction of sp³-hybridized carbons (Fsp3) is 0.636. The molecule has 8 heteroatoms. The van der Waals surface area contributed by atoms with E-state index < -0.39 is 0 Å². The van der Waals surface area contributed by atoms with Crippen molar-refractivity contribution in [3.05, 3.63) is 33.8 Å². The van der Waals surface area contributed by atoms with Crippen LogP contribution in [0.5, 0.6) is 0 Å². The van der Waals surface area contributed by atoms with Gasteiger partial charge in [0.1, 0.15) is 0 Å². The van der Waals surface area contributed by atoms with Crippen molar-refractivity contribution in [1.82, 2.24) is 15.5 Å². The number of carbonyl (C=O) groups is 2. The van der Waals surface area contributed by atoms with E-state index in [0.29, 0.717) is 53.5 Å². The van der Waals surface area contributed by atoms with Crippen LogP contribution in [-0.2, 0) is 4.79 Å². The molecule has 6 nitrogen and oxygen atoms in total. The summed E-state index contributed by atoms with van der Waals surface area (Å²) in [5, 5.41) is 7.11. The Morgan fingerprint density at radius 2 is 2.07 bits per heavy atom. The molecule has 1 heterocycles. The summed E-state index contributed by atoms with van der Waals surface area (Å²) in [5.74, 6) is 0.883. The molecule has 2 amide bonds. The molecule has 0 radical (unpaired) electrons. The monoisotopic (exact) mass is 456 g/mol. The van der Waals surface area contributed by atoms with E-state index in [-0.39, 0.29) is 23.9 Å². The van der Waals surface area contributed by atoms with Gasteiger partial charge in [-0.2, -0.15) is 0 Å². The number of nitrogens with zero attached hydrogens (tertiary/aromatic N) is 1. The van der Waals surface area contributed by atoms with Crippen molar-refractivity contribution >= 4 is 35.0 Å². The summed E-state index contributed by atoms with van der Waals surface area (Å²) in [7, 11) is 0. The van der Waals surface area contributed by atoms with E-state index in [4.69, 9.17) is 28.9 Å². The van der Waals surface area contributed by atoms with Gasteiger partial charge in [-0.3, -0.25) is 9.59 Å². The highest BCUT2D eigenvalue weighted by Gasteiger charge is 2.31. The number of amides is 2. The van der Waals surface area contributed by atoms with E-state index in [9.17, 15) is 9.59 Å². The van der Waals surface area contributed by atoms with Gasteiger partial charge in [-0.1, -0.05) is 50.4 Å². The van der Waals surface area contributed by atoms with E-state index in [1.165, 1.54) is 0 Å². The van der Waals surface area contributed by atoms with Gasteiger partial charge >= 0.3 is 0 Å². The van der Waals surface area contributed by atoms with Gasteiger partial charge in [-0.05, 0) is 49.4 Å². The van der Waals surface area contributed by atoms with E-state index >= 15 is 0 Å². The number of nitrogens with two attached hydrogens (primary N) is 1. The van der Waals surface area contributed by atoms with Crippen molar-refractivity contribution < 1.29 is 9.59 Å². The van der Waals surface area contributed by atoms with Crippen molar-refractivity contribution in [3.63, 3.8) is 0 Å². The minimum absolute atomic E-state index is 0.0126. The minimum Gasteiger partial charge on any atom is -0.350 e. The van der Waals surface area contributed by atoms with Crippen LogP contribution >= 0.6 is 23.2 Å². The summed E-state index contributed by atoms with van der Waals surface area (Å²) in [6.45, 7) is 8.86. The Kier molecular flexibility index (Phi) is 9.88. The third-order valence-corrected chi connectivity index (χ3v) is 6.60. The number of carbonyl (C=O) groups excluding carboxylic acids is 2. The molecule has 1 aromatic carbocycles. The molecule has 3 atom stereocenters. The SMILES string of the molecule is CCC(CN1CC[C@@H](CNC(=O)c2ccc(Cl)c(Cl)c2)N[C@@H](CCN)C1=O)C(C)C.